The van der Waals surface area contributed by atoms with Gasteiger partial charge >= 0.3 is 0 Å². The van der Waals surface area contributed by atoms with Crippen LogP contribution in [0, 0.1) is 6.92 Å². The second-order valence-electron chi connectivity index (χ2n) is 4.32. The van der Waals surface area contributed by atoms with Crippen molar-refractivity contribution in [1.82, 2.24) is 0 Å². The van der Waals surface area contributed by atoms with Gasteiger partial charge in [0, 0.05) is 11.5 Å². The zero-order chi connectivity index (χ0) is 12.3. The molecule has 0 N–H and O–H groups in total. The first-order valence-corrected chi connectivity index (χ1v) is 5.92. The van der Waals surface area contributed by atoms with E-state index in [1.54, 1.807) is 7.11 Å². The van der Waals surface area contributed by atoms with Gasteiger partial charge in [0.2, 0.25) is 0 Å². The van der Waals surface area contributed by atoms with Gasteiger partial charge < -0.3 is 4.74 Å². The lowest BCUT2D eigenvalue weighted by Gasteiger charge is -2.18. The number of rotatable bonds is 3. The topological polar surface area (TPSA) is 9.23 Å². The number of hydrogen-bond donors (Lipinski definition) is 0. The van der Waals surface area contributed by atoms with Crippen molar-refractivity contribution in [2.75, 3.05) is 7.11 Å². The molecule has 1 atom stereocenters. The smallest absolute Gasteiger partial charge is 0.122 e. The van der Waals surface area contributed by atoms with Crippen molar-refractivity contribution >= 4 is 0 Å². The van der Waals surface area contributed by atoms with Crippen molar-refractivity contribution in [3.63, 3.8) is 0 Å². The van der Waals surface area contributed by atoms with Crippen LogP contribution in [-0.2, 0) is 0 Å². The first kappa shape index (κ1) is 11.7. The Morgan fingerprint density at radius 1 is 0.941 bits per heavy atom. The normalized spacial score (nSPS) is 12.2. The fourth-order valence-electron chi connectivity index (χ4n) is 2.30. The first-order valence-electron chi connectivity index (χ1n) is 5.92. The van der Waals surface area contributed by atoms with Gasteiger partial charge in [0.05, 0.1) is 7.11 Å². The fraction of sp³-hybridized carbons (Fsp3) is 0.250. The van der Waals surface area contributed by atoms with Crippen molar-refractivity contribution in [3.8, 4) is 5.75 Å². The highest BCUT2D eigenvalue weighted by Gasteiger charge is 2.15. The van der Waals surface area contributed by atoms with E-state index in [0.29, 0.717) is 5.92 Å². The quantitative estimate of drug-likeness (QED) is 0.763. The predicted molar refractivity (Wildman–Crippen MR) is 71.7 cm³/mol. The number of hydrogen-bond acceptors (Lipinski definition) is 1. The molecule has 0 saturated heterocycles. The predicted octanol–water partition coefficient (Wildman–Crippen LogP) is 4.16. The molecule has 0 aliphatic rings. The Morgan fingerprint density at radius 3 is 2.29 bits per heavy atom. The van der Waals surface area contributed by atoms with Crippen molar-refractivity contribution in [3.05, 3.63) is 65.2 Å². The number of ether oxygens (including phenoxy) is 1. The lowest BCUT2D eigenvalue weighted by Crippen LogP contribution is -2.01. The molecule has 1 heteroatoms. The molecule has 2 aromatic rings. The Morgan fingerprint density at radius 2 is 1.65 bits per heavy atom. The van der Waals surface area contributed by atoms with E-state index in [4.69, 9.17) is 4.74 Å². The molecule has 0 amide bonds. The minimum atomic E-state index is 0.354. The third kappa shape index (κ3) is 2.33. The van der Waals surface area contributed by atoms with E-state index >= 15 is 0 Å². The summed E-state index contributed by atoms with van der Waals surface area (Å²) < 4.78 is 5.47. The van der Waals surface area contributed by atoms with Gasteiger partial charge in [0.1, 0.15) is 5.75 Å². The Bertz CT molecular complexity index is 488. The Kier molecular flexibility index (Phi) is 3.48. The highest BCUT2D eigenvalue weighted by atomic mass is 16.5. The maximum Gasteiger partial charge on any atom is 0.122 e. The van der Waals surface area contributed by atoms with Crippen molar-refractivity contribution < 1.29 is 4.74 Å². The van der Waals surface area contributed by atoms with E-state index in [9.17, 15) is 0 Å². The SMILES string of the molecule is COc1cccc(C)c1C(C)c1ccccc1. The van der Waals surface area contributed by atoms with Crippen LogP contribution in [0.15, 0.2) is 48.5 Å². The number of benzene rings is 2. The van der Waals surface area contributed by atoms with Crippen LogP contribution in [-0.4, -0.2) is 7.11 Å². The summed E-state index contributed by atoms with van der Waals surface area (Å²) in [4.78, 5) is 0. The van der Waals surface area contributed by atoms with Gasteiger partial charge in [-0.05, 0) is 24.1 Å². The summed E-state index contributed by atoms with van der Waals surface area (Å²) in [6.07, 6.45) is 0. The highest BCUT2D eigenvalue weighted by molar-refractivity contribution is 5.46. The van der Waals surface area contributed by atoms with Crippen LogP contribution in [0.1, 0.15) is 29.5 Å². The van der Waals surface area contributed by atoms with Crippen LogP contribution in [0.2, 0.25) is 0 Å². The molecule has 0 radical (unpaired) electrons. The first-order chi connectivity index (χ1) is 8.24. The van der Waals surface area contributed by atoms with E-state index in [1.165, 1.54) is 16.7 Å². The van der Waals surface area contributed by atoms with E-state index in [0.717, 1.165) is 5.75 Å². The van der Waals surface area contributed by atoms with Crippen LogP contribution in [0.5, 0.6) is 5.75 Å². The average molecular weight is 226 g/mol. The van der Waals surface area contributed by atoms with E-state index in [2.05, 4.69) is 44.2 Å². The minimum absolute atomic E-state index is 0.354. The zero-order valence-corrected chi connectivity index (χ0v) is 10.6. The Balaban J connectivity index is 2.47. The van der Waals surface area contributed by atoms with Crippen LogP contribution in [0.4, 0.5) is 0 Å². The second kappa shape index (κ2) is 5.05. The van der Waals surface area contributed by atoms with Gasteiger partial charge in [0.15, 0.2) is 0 Å². The number of methoxy groups -OCH3 is 1. The van der Waals surface area contributed by atoms with Gasteiger partial charge in [-0.3, -0.25) is 0 Å². The molecule has 2 rings (SSSR count). The van der Waals surface area contributed by atoms with Crippen molar-refractivity contribution in [2.24, 2.45) is 0 Å². The molecule has 0 spiro atoms. The largest absolute Gasteiger partial charge is 0.496 e. The highest BCUT2D eigenvalue weighted by Crippen LogP contribution is 2.33. The molecule has 0 aliphatic heterocycles. The lowest BCUT2D eigenvalue weighted by atomic mass is 9.89. The molecule has 0 heterocycles. The molecular weight excluding hydrogens is 208 g/mol. The zero-order valence-electron chi connectivity index (χ0n) is 10.6. The Hall–Kier alpha value is -1.76. The molecule has 88 valence electrons. The molecule has 0 aliphatic carbocycles. The second-order valence-corrected chi connectivity index (χ2v) is 4.32. The monoisotopic (exact) mass is 226 g/mol. The van der Waals surface area contributed by atoms with Gasteiger partial charge in [-0.25, -0.2) is 0 Å². The van der Waals surface area contributed by atoms with Crippen molar-refractivity contribution in [2.45, 2.75) is 19.8 Å². The van der Waals surface area contributed by atoms with Crippen LogP contribution >= 0.6 is 0 Å². The minimum Gasteiger partial charge on any atom is -0.496 e. The van der Waals surface area contributed by atoms with Gasteiger partial charge in [0.25, 0.3) is 0 Å². The van der Waals surface area contributed by atoms with Crippen LogP contribution < -0.4 is 4.74 Å². The van der Waals surface area contributed by atoms with E-state index in [1.807, 2.05) is 18.2 Å². The molecule has 0 saturated carbocycles. The molecule has 1 nitrogen and oxygen atoms in total. The summed E-state index contributed by atoms with van der Waals surface area (Å²) in [5.74, 6) is 1.33. The summed E-state index contributed by atoms with van der Waals surface area (Å²) >= 11 is 0. The maximum absolute atomic E-state index is 5.47. The summed E-state index contributed by atoms with van der Waals surface area (Å²) in [5, 5.41) is 0. The Labute approximate surface area is 103 Å². The van der Waals surface area contributed by atoms with Crippen molar-refractivity contribution in [1.29, 1.82) is 0 Å². The van der Waals surface area contributed by atoms with Gasteiger partial charge in [-0.1, -0.05) is 49.4 Å². The molecule has 17 heavy (non-hydrogen) atoms. The molecule has 0 aromatic heterocycles. The summed E-state index contributed by atoms with van der Waals surface area (Å²) in [6.45, 7) is 4.36. The lowest BCUT2D eigenvalue weighted by molar-refractivity contribution is 0.408. The third-order valence-electron chi connectivity index (χ3n) is 3.24. The molecule has 2 aromatic carbocycles. The fourth-order valence-corrected chi connectivity index (χ4v) is 2.30. The van der Waals surface area contributed by atoms with Crippen LogP contribution in [0.3, 0.4) is 0 Å². The van der Waals surface area contributed by atoms with E-state index < -0.39 is 0 Å². The molecular formula is C16H18O. The summed E-state index contributed by atoms with van der Waals surface area (Å²) in [5.41, 5.74) is 3.88. The van der Waals surface area contributed by atoms with Crippen LogP contribution in [0.25, 0.3) is 0 Å². The average Bonchev–Trinajstić information content (AvgIpc) is 2.38. The standard InChI is InChI=1S/C16H18O/c1-12-8-7-11-15(17-3)16(12)13(2)14-9-5-4-6-10-14/h4-11,13H,1-3H3. The molecule has 0 fully saturated rings. The van der Waals surface area contributed by atoms with E-state index in [-0.39, 0.29) is 0 Å². The summed E-state index contributed by atoms with van der Waals surface area (Å²) in [6, 6.07) is 16.7. The van der Waals surface area contributed by atoms with Gasteiger partial charge in [-0.2, -0.15) is 0 Å². The van der Waals surface area contributed by atoms with Gasteiger partial charge in [-0.15, -0.1) is 0 Å². The summed E-state index contributed by atoms with van der Waals surface area (Å²) in [7, 11) is 1.73. The molecule has 1 unspecified atom stereocenters. The number of aryl methyl sites for hydroxylation is 1. The molecule has 0 bridgehead atoms. The third-order valence-corrected chi connectivity index (χ3v) is 3.24. The maximum atomic E-state index is 5.47.